The third-order valence-corrected chi connectivity index (χ3v) is 4.67. The molecule has 1 amide bonds. The van der Waals surface area contributed by atoms with E-state index in [-0.39, 0.29) is 5.91 Å². The fraction of sp³-hybridized carbons (Fsp3) is 0.300. The number of carbonyl (C=O) groups is 1. The van der Waals surface area contributed by atoms with E-state index in [1.54, 1.807) is 12.1 Å². The predicted octanol–water partition coefficient (Wildman–Crippen LogP) is 2.60. The van der Waals surface area contributed by atoms with Gasteiger partial charge in [0.1, 0.15) is 11.6 Å². The number of ether oxygens (including phenoxy) is 1. The number of nitrogens with one attached hydrogen (secondary N) is 1. The Kier molecular flexibility index (Phi) is 5.13. The molecule has 0 aliphatic carbocycles. The molecule has 140 valence electrons. The second-order valence-corrected chi connectivity index (χ2v) is 6.50. The van der Waals surface area contributed by atoms with Gasteiger partial charge in [-0.25, -0.2) is 9.37 Å². The van der Waals surface area contributed by atoms with Crippen LogP contribution in [0.15, 0.2) is 48.7 Å². The number of rotatable bonds is 5. The third kappa shape index (κ3) is 3.99. The van der Waals surface area contributed by atoms with Gasteiger partial charge in [-0.1, -0.05) is 12.1 Å². The molecule has 7 heteroatoms. The second kappa shape index (κ2) is 7.85. The number of hydrogen-bond donors (Lipinski definition) is 1. The molecule has 0 unspecified atom stereocenters. The average Bonchev–Trinajstić information content (AvgIpc) is 3.06. The molecule has 2 aromatic heterocycles. The first kappa shape index (κ1) is 17.6. The minimum Gasteiger partial charge on any atom is -0.379 e. The fourth-order valence-electron chi connectivity index (χ4n) is 3.28. The van der Waals surface area contributed by atoms with Gasteiger partial charge in [-0.2, -0.15) is 0 Å². The number of morpholine rings is 1. The Morgan fingerprint density at radius 3 is 2.85 bits per heavy atom. The van der Waals surface area contributed by atoms with Crippen LogP contribution in [-0.2, 0) is 11.2 Å². The SMILES string of the molecule is O=C(Nc1cccc(F)c1)c1nc(CCN2CCOCC2)n2ccccc12. The summed E-state index contributed by atoms with van der Waals surface area (Å²) in [5, 5.41) is 2.73. The molecule has 3 aromatic rings. The van der Waals surface area contributed by atoms with Crippen molar-refractivity contribution >= 4 is 17.1 Å². The average molecular weight is 368 g/mol. The number of aromatic nitrogens is 2. The minimum absolute atomic E-state index is 0.344. The summed E-state index contributed by atoms with van der Waals surface area (Å²) in [5.74, 6) is 0.0945. The van der Waals surface area contributed by atoms with Crippen molar-refractivity contribution in [3.63, 3.8) is 0 Å². The number of fused-ring (bicyclic) bond motifs is 1. The molecule has 0 radical (unpaired) electrons. The lowest BCUT2D eigenvalue weighted by Crippen LogP contribution is -2.37. The van der Waals surface area contributed by atoms with E-state index in [2.05, 4.69) is 15.2 Å². The highest BCUT2D eigenvalue weighted by molar-refractivity contribution is 6.07. The molecule has 0 saturated carbocycles. The summed E-state index contributed by atoms with van der Waals surface area (Å²) in [5.41, 5.74) is 1.49. The molecule has 4 rings (SSSR count). The van der Waals surface area contributed by atoms with Gasteiger partial charge in [0.2, 0.25) is 0 Å². The van der Waals surface area contributed by atoms with Gasteiger partial charge in [-0.05, 0) is 30.3 Å². The summed E-state index contributed by atoms with van der Waals surface area (Å²) in [4.78, 5) is 19.6. The van der Waals surface area contributed by atoms with E-state index in [0.717, 1.165) is 50.6 Å². The molecule has 3 heterocycles. The highest BCUT2D eigenvalue weighted by atomic mass is 19.1. The Morgan fingerprint density at radius 2 is 2.04 bits per heavy atom. The van der Waals surface area contributed by atoms with Gasteiger partial charge in [0, 0.05) is 37.9 Å². The van der Waals surface area contributed by atoms with E-state index in [1.165, 1.54) is 12.1 Å². The van der Waals surface area contributed by atoms with Gasteiger partial charge in [0.05, 0.1) is 18.7 Å². The first-order valence-electron chi connectivity index (χ1n) is 9.04. The van der Waals surface area contributed by atoms with Gasteiger partial charge in [0.15, 0.2) is 5.69 Å². The van der Waals surface area contributed by atoms with Crippen molar-refractivity contribution in [1.29, 1.82) is 0 Å². The Labute approximate surface area is 156 Å². The second-order valence-electron chi connectivity index (χ2n) is 6.50. The van der Waals surface area contributed by atoms with Crippen molar-refractivity contribution in [3.05, 3.63) is 66.0 Å². The summed E-state index contributed by atoms with van der Waals surface area (Å²) in [7, 11) is 0. The molecule has 27 heavy (non-hydrogen) atoms. The number of amides is 1. The molecule has 1 aliphatic heterocycles. The maximum Gasteiger partial charge on any atom is 0.276 e. The number of carbonyl (C=O) groups excluding carboxylic acids is 1. The van der Waals surface area contributed by atoms with Gasteiger partial charge in [-0.15, -0.1) is 0 Å². The number of benzene rings is 1. The monoisotopic (exact) mass is 368 g/mol. The maximum absolute atomic E-state index is 13.4. The molecule has 1 fully saturated rings. The number of nitrogens with zero attached hydrogens (tertiary/aromatic N) is 3. The lowest BCUT2D eigenvalue weighted by molar-refractivity contribution is 0.0382. The van der Waals surface area contributed by atoms with Crippen LogP contribution in [0.2, 0.25) is 0 Å². The number of anilines is 1. The first-order valence-corrected chi connectivity index (χ1v) is 9.04. The van der Waals surface area contributed by atoms with Crippen LogP contribution in [0.4, 0.5) is 10.1 Å². The predicted molar refractivity (Wildman–Crippen MR) is 101 cm³/mol. The van der Waals surface area contributed by atoms with Crippen LogP contribution in [0.25, 0.3) is 5.52 Å². The lowest BCUT2D eigenvalue weighted by atomic mass is 10.2. The van der Waals surface area contributed by atoms with Gasteiger partial charge in [-0.3, -0.25) is 9.69 Å². The molecule has 0 spiro atoms. The first-order chi connectivity index (χ1) is 13.2. The fourth-order valence-corrected chi connectivity index (χ4v) is 3.28. The van der Waals surface area contributed by atoms with Crippen molar-refractivity contribution in [2.75, 3.05) is 38.2 Å². The van der Waals surface area contributed by atoms with E-state index in [4.69, 9.17) is 4.74 Å². The van der Waals surface area contributed by atoms with Crippen LogP contribution in [-0.4, -0.2) is 53.0 Å². The summed E-state index contributed by atoms with van der Waals surface area (Å²) in [6.45, 7) is 4.20. The Hall–Kier alpha value is -2.77. The van der Waals surface area contributed by atoms with Crippen molar-refractivity contribution < 1.29 is 13.9 Å². The van der Waals surface area contributed by atoms with Crippen molar-refractivity contribution in [3.8, 4) is 0 Å². The molecule has 1 aliphatic rings. The van der Waals surface area contributed by atoms with Gasteiger partial charge < -0.3 is 14.5 Å². The van der Waals surface area contributed by atoms with Crippen LogP contribution < -0.4 is 5.32 Å². The largest absolute Gasteiger partial charge is 0.379 e. The minimum atomic E-state index is -0.395. The number of hydrogen-bond acceptors (Lipinski definition) is 4. The highest BCUT2D eigenvalue weighted by Crippen LogP contribution is 2.17. The standard InChI is InChI=1S/C20H21FN4O2/c21-15-4-3-5-16(14-15)22-20(26)19-17-6-1-2-8-25(17)18(23-19)7-9-24-10-12-27-13-11-24/h1-6,8,14H,7,9-13H2,(H,22,26). The van der Waals surface area contributed by atoms with E-state index >= 15 is 0 Å². The van der Waals surface area contributed by atoms with Crippen molar-refractivity contribution in [2.24, 2.45) is 0 Å². The molecule has 1 N–H and O–H groups in total. The molecule has 1 aromatic carbocycles. The summed E-state index contributed by atoms with van der Waals surface area (Å²) in [6.07, 6.45) is 2.65. The maximum atomic E-state index is 13.4. The molecule has 0 bridgehead atoms. The summed E-state index contributed by atoms with van der Waals surface area (Å²) < 4.78 is 20.7. The Bertz CT molecular complexity index is 950. The third-order valence-electron chi connectivity index (χ3n) is 4.67. The van der Waals surface area contributed by atoms with Crippen molar-refractivity contribution in [2.45, 2.75) is 6.42 Å². The number of pyridine rings is 1. The van der Waals surface area contributed by atoms with E-state index in [1.807, 2.05) is 28.8 Å². The highest BCUT2D eigenvalue weighted by Gasteiger charge is 2.18. The lowest BCUT2D eigenvalue weighted by Gasteiger charge is -2.26. The zero-order valence-electron chi connectivity index (χ0n) is 14.9. The molecule has 6 nitrogen and oxygen atoms in total. The topological polar surface area (TPSA) is 58.9 Å². The molecular weight excluding hydrogens is 347 g/mol. The van der Waals surface area contributed by atoms with Crippen LogP contribution in [0, 0.1) is 5.82 Å². The van der Waals surface area contributed by atoms with E-state index in [9.17, 15) is 9.18 Å². The summed E-state index contributed by atoms with van der Waals surface area (Å²) >= 11 is 0. The van der Waals surface area contributed by atoms with Crippen LogP contribution in [0.1, 0.15) is 16.3 Å². The Balaban J connectivity index is 1.56. The number of imidazole rings is 1. The smallest absolute Gasteiger partial charge is 0.276 e. The quantitative estimate of drug-likeness (QED) is 0.752. The molecule has 0 atom stereocenters. The van der Waals surface area contributed by atoms with Crippen LogP contribution in [0.5, 0.6) is 0 Å². The van der Waals surface area contributed by atoms with Crippen molar-refractivity contribution in [1.82, 2.24) is 14.3 Å². The zero-order valence-corrected chi connectivity index (χ0v) is 14.9. The van der Waals surface area contributed by atoms with E-state index < -0.39 is 5.82 Å². The normalized spacial score (nSPS) is 15.1. The Morgan fingerprint density at radius 1 is 1.19 bits per heavy atom. The van der Waals surface area contributed by atoms with E-state index in [0.29, 0.717) is 11.4 Å². The van der Waals surface area contributed by atoms with Gasteiger partial charge in [0.25, 0.3) is 5.91 Å². The van der Waals surface area contributed by atoms with Gasteiger partial charge >= 0.3 is 0 Å². The zero-order chi connectivity index (χ0) is 18.6. The molecular formula is C20H21FN4O2. The summed E-state index contributed by atoms with van der Waals surface area (Å²) in [6, 6.07) is 11.5. The van der Waals surface area contributed by atoms with Crippen LogP contribution in [0.3, 0.4) is 0 Å². The molecule has 1 saturated heterocycles. The van der Waals surface area contributed by atoms with Crippen LogP contribution >= 0.6 is 0 Å². The number of halogens is 1.